The Balaban J connectivity index is 1.14. The smallest absolute Gasteiger partial charge is 0.407 e. The highest BCUT2D eigenvalue weighted by atomic mass is 19.1. The molecule has 0 spiro atoms. The highest BCUT2D eigenvalue weighted by Crippen LogP contribution is 2.47. The van der Waals surface area contributed by atoms with Gasteiger partial charge in [-0.25, -0.2) is 9.18 Å². The number of halogens is 1. The summed E-state index contributed by atoms with van der Waals surface area (Å²) in [5.74, 6) is -1.58. The Morgan fingerprint density at radius 2 is 1.08 bits per heavy atom. The zero-order valence-electron chi connectivity index (χ0n) is 36.2. The maximum Gasteiger partial charge on any atom is 0.407 e. The van der Waals surface area contributed by atoms with Crippen LogP contribution in [0, 0.1) is 16.6 Å². The van der Waals surface area contributed by atoms with Crippen molar-refractivity contribution in [3.05, 3.63) is 89.7 Å². The Kier molecular flexibility index (Phi) is 13.7. The average molecular weight is 842 g/mol. The van der Waals surface area contributed by atoms with Crippen molar-refractivity contribution < 1.29 is 38.3 Å². The van der Waals surface area contributed by atoms with Gasteiger partial charge in [0.15, 0.2) is 0 Å². The van der Waals surface area contributed by atoms with E-state index in [1.165, 1.54) is 19.2 Å². The lowest BCUT2D eigenvalue weighted by molar-refractivity contribution is -0.143. The van der Waals surface area contributed by atoms with Crippen LogP contribution in [0.15, 0.2) is 72.8 Å². The van der Waals surface area contributed by atoms with Crippen LogP contribution >= 0.6 is 0 Å². The summed E-state index contributed by atoms with van der Waals surface area (Å²) in [5, 5.41) is 18.4. The zero-order valence-corrected chi connectivity index (χ0v) is 36.2. The maximum absolute atomic E-state index is 14.2. The number of carbonyl (C=O) groups excluding carboxylic acids is 5. The van der Waals surface area contributed by atoms with E-state index >= 15 is 0 Å². The van der Waals surface area contributed by atoms with Crippen LogP contribution in [-0.2, 0) is 23.9 Å². The van der Waals surface area contributed by atoms with Gasteiger partial charge in [-0.05, 0) is 109 Å². The predicted octanol–water partition coefficient (Wildman–Crippen LogP) is 6.93. The topological polar surface area (TPSA) is 173 Å². The molecular formula is C46H60FN7O7. The van der Waals surface area contributed by atoms with E-state index in [-0.39, 0.29) is 41.5 Å². The lowest BCUT2D eigenvalue weighted by Crippen LogP contribution is -2.57. The second-order valence-electron chi connectivity index (χ2n) is 18.5. The van der Waals surface area contributed by atoms with Gasteiger partial charge in [-0.2, -0.15) is 5.48 Å². The predicted molar refractivity (Wildman–Crippen MR) is 230 cm³/mol. The minimum Gasteiger partial charge on any atom is -0.453 e. The molecule has 5 amide bonds. The van der Waals surface area contributed by atoms with E-state index in [1.54, 1.807) is 21.9 Å². The number of likely N-dealkylation sites (tertiary alicyclic amines) is 2. The first-order valence-corrected chi connectivity index (χ1v) is 21.1. The molecule has 0 aliphatic carbocycles. The first kappa shape index (κ1) is 45.0. The van der Waals surface area contributed by atoms with Crippen LogP contribution in [-0.4, -0.2) is 89.1 Å². The van der Waals surface area contributed by atoms with Gasteiger partial charge in [-0.3, -0.25) is 19.2 Å². The fourth-order valence-corrected chi connectivity index (χ4v) is 8.85. The monoisotopic (exact) mass is 841 g/mol. The first-order chi connectivity index (χ1) is 28.9. The number of methoxy groups -OCH3 is 1. The number of amides is 5. The third-order valence-electron chi connectivity index (χ3n) is 12.1. The highest BCUT2D eigenvalue weighted by Gasteiger charge is 2.43. The summed E-state index contributed by atoms with van der Waals surface area (Å²) in [6, 6.07) is 18.5. The van der Waals surface area contributed by atoms with Crippen molar-refractivity contribution in [1.29, 1.82) is 0 Å². The number of hydrogen-bond donors (Lipinski definition) is 5. The van der Waals surface area contributed by atoms with Crippen molar-refractivity contribution in [3.63, 3.8) is 0 Å². The lowest BCUT2D eigenvalue weighted by Gasteiger charge is -2.35. The van der Waals surface area contributed by atoms with Gasteiger partial charge in [-0.15, -0.1) is 0 Å². The summed E-state index contributed by atoms with van der Waals surface area (Å²) < 4.78 is 18.9. The molecule has 3 aliphatic heterocycles. The van der Waals surface area contributed by atoms with Crippen molar-refractivity contribution in [2.24, 2.45) is 10.8 Å². The fraction of sp³-hybridized carbons (Fsp3) is 0.500. The Labute approximate surface area is 357 Å². The van der Waals surface area contributed by atoms with E-state index in [0.717, 1.165) is 29.7 Å². The summed E-state index contributed by atoms with van der Waals surface area (Å²) in [4.78, 5) is 71.7. The van der Waals surface area contributed by atoms with Crippen LogP contribution in [0.3, 0.4) is 0 Å². The average Bonchev–Trinajstić information content (AvgIpc) is 4.01. The number of benzene rings is 3. The molecule has 15 heteroatoms. The number of nitrogens with zero attached hydrogens (tertiary/aromatic N) is 3. The third-order valence-corrected chi connectivity index (χ3v) is 12.1. The Morgan fingerprint density at radius 3 is 1.48 bits per heavy atom. The summed E-state index contributed by atoms with van der Waals surface area (Å²) in [5.41, 5.74) is 5.02. The molecule has 3 fully saturated rings. The number of hydroxylamine groups is 1. The second-order valence-corrected chi connectivity index (χ2v) is 18.5. The van der Waals surface area contributed by atoms with Crippen molar-refractivity contribution >= 4 is 46.8 Å². The molecule has 3 aromatic carbocycles. The van der Waals surface area contributed by atoms with E-state index in [4.69, 9.17) is 4.74 Å². The molecule has 0 saturated carbocycles. The molecule has 0 radical (unpaired) electrons. The van der Waals surface area contributed by atoms with Gasteiger partial charge in [0.25, 0.3) is 0 Å². The molecular weight excluding hydrogens is 782 g/mol. The Hall–Kier alpha value is -5.54. The molecule has 0 bridgehead atoms. The van der Waals surface area contributed by atoms with Crippen LogP contribution in [0.5, 0.6) is 0 Å². The number of ether oxygens (including phenoxy) is 1. The van der Waals surface area contributed by atoms with Gasteiger partial charge in [0.05, 0.1) is 19.2 Å². The van der Waals surface area contributed by atoms with E-state index in [0.29, 0.717) is 50.1 Å². The molecule has 3 aliphatic rings. The van der Waals surface area contributed by atoms with Gasteiger partial charge < -0.3 is 40.6 Å². The number of hydrogen-bond acceptors (Lipinski definition) is 9. The third kappa shape index (κ3) is 10.2. The molecule has 3 saturated heterocycles. The summed E-state index contributed by atoms with van der Waals surface area (Å²) in [7, 11) is 1.24. The number of alkyl carbamates (subject to hydrolysis) is 1. The highest BCUT2D eigenvalue weighted by molar-refractivity contribution is 5.99. The molecule has 0 aromatic heterocycles. The molecule has 61 heavy (non-hydrogen) atoms. The van der Waals surface area contributed by atoms with Gasteiger partial charge in [-0.1, -0.05) is 65.8 Å². The summed E-state index contributed by atoms with van der Waals surface area (Å²) in [6.45, 7) is 11.9. The largest absolute Gasteiger partial charge is 0.453 e. The molecule has 3 heterocycles. The van der Waals surface area contributed by atoms with Crippen LogP contribution in [0.25, 0.3) is 0 Å². The quantitative estimate of drug-likeness (QED) is 0.128. The van der Waals surface area contributed by atoms with Gasteiger partial charge >= 0.3 is 6.09 Å². The molecule has 5 N–H and O–H groups in total. The van der Waals surface area contributed by atoms with Crippen LogP contribution < -0.4 is 26.3 Å². The molecule has 6 atom stereocenters. The Bertz CT molecular complexity index is 2050. The first-order valence-electron chi connectivity index (χ1n) is 21.1. The van der Waals surface area contributed by atoms with Crippen molar-refractivity contribution in [2.45, 2.75) is 116 Å². The van der Waals surface area contributed by atoms with Crippen molar-refractivity contribution in [2.75, 3.05) is 35.7 Å². The summed E-state index contributed by atoms with van der Waals surface area (Å²) >= 11 is 0. The molecule has 3 aromatic rings. The standard InChI is InChI=1S/C46H60FN7O7/c1-45(2,3)38(50-44(59)61-7)42(57)52-26-8-10-36(52)40(55)48-31-18-12-28(13-19-31)34-24-25-35(54(34)33-22-16-30(47)17-23-33)29-14-20-32(21-15-29)49-41(56)37-11-9-27-53(37)43(58)39(51-60)46(4,5)6/h12-23,34-39,51,60H,8-11,24-27H2,1-7H3,(H,48,55)(H,49,56)(H,50,59)/t34-,35-,36+,37+,38-,39-/m1/s1. The van der Waals surface area contributed by atoms with Crippen molar-refractivity contribution in [3.8, 4) is 0 Å². The molecule has 328 valence electrons. The van der Waals surface area contributed by atoms with Crippen LogP contribution in [0.4, 0.5) is 26.2 Å². The lowest BCUT2D eigenvalue weighted by atomic mass is 9.85. The second kappa shape index (κ2) is 18.6. The number of carbonyl (C=O) groups is 5. The minimum atomic E-state index is -0.879. The van der Waals surface area contributed by atoms with Gasteiger partial charge in [0.2, 0.25) is 23.6 Å². The van der Waals surface area contributed by atoms with E-state index in [9.17, 15) is 33.6 Å². The normalized spacial score (nSPS) is 21.5. The number of rotatable bonds is 11. The zero-order chi connectivity index (χ0) is 44.2. The number of nitrogens with one attached hydrogen (secondary N) is 4. The van der Waals surface area contributed by atoms with Gasteiger partial charge in [0.1, 0.15) is 30.0 Å². The molecule has 0 unspecified atom stereocenters. The molecule has 14 nitrogen and oxygen atoms in total. The maximum atomic E-state index is 14.2. The SMILES string of the molecule is COC(=O)N[C@H](C(=O)N1CCC[C@H]1C(=O)Nc1ccc([C@H]2CC[C@H](c3ccc(NC(=O)[C@@H]4CCCN4C(=O)[C@@H](NO)C(C)(C)C)cc3)N2c2ccc(F)cc2)cc1)C(C)(C)C. The minimum absolute atomic E-state index is 0.0701. The van der Waals surface area contributed by atoms with E-state index < -0.39 is 41.1 Å². The van der Waals surface area contributed by atoms with Crippen LogP contribution in [0.1, 0.15) is 103 Å². The van der Waals surface area contributed by atoms with Crippen molar-refractivity contribution in [1.82, 2.24) is 20.6 Å². The fourth-order valence-electron chi connectivity index (χ4n) is 8.85. The Morgan fingerprint density at radius 1 is 0.656 bits per heavy atom. The summed E-state index contributed by atoms with van der Waals surface area (Å²) in [6.07, 6.45) is 3.24. The van der Waals surface area contributed by atoms with E-state index in [1.807, 2.05) is 90.1 Å². The van der Waals surface area contributed by atoms with Gasteiger partial charge in [0, 0.05) is 30.2 Å². The molecule has 6 rings (SSSR count). The van der Waals surface area contributed by atoms with E-state index in [2.05, 4.69) is 26.3 Å². The van der Waals surface area contributed by atoms with Crippen LogP contribution in [0.2, 0.25) is 0 Å². The number of anilines is 3.